The van der Waals surface area contributed by atoms with Crippen LogP contribution in [0.5, 0.6) is 0 Å². The van der Waals surface area contributed by atoms with E-state index in [4.69, 9.17) is 0 Å². The fourth-order valence-electron chi connectivity index (χ4n) is 4.02. The van der Waals surface area contributed by atoms with Gasteiger partial charge >= 0.3 is 0 Å². The number of pyridine rings is 1. The Hall–Kier alpha value is -1.79. The fourth-order valence-corrected chi connectivity index (χ4v) is 4.67. The summed E-state index contributed by atoms with van der Waals surface area (Å²) in [6, 6.07) is 3.99. The predicted octanol–water partition coefficient (Wildman–Crippen LogP) is 2.55. The molecule has 2 aliphatic rings. The number of hydrogen-bond donors (Lipinski definition) is 0. The minimum absolute atomic E-state index is 0.178. The van der Waals surface area contributed by atoms with Gasteiger partial charge in [-0.2, -0.15) is 0 Å². The van der Waals surface area contributed by atoms with Gasteiger partial charge in [0.15, 0.2) is 0 Å². The number of carbonyl (C=O) groups excluding carboxylic acids is 1. The Bertz CT molecular complexity index is 690. The smallest absolute Gasteiger partial charge is 0.230 e. The van der Waals surface area contributed by atoms with Gasteiger partial charge in [0.2, 0.25) is 5.91 Å². The largest absolute Gasteiger partial charge is 0.338 e. The van der Waals surface area contributed by atoms with Crippen molar-refractivity contribution < 1.29 is 4.79 Å². The molecule has 5 nitrogen and oxygen atoms in total. The van der Waals surface area contributed by atoms with Crippen LogP contribution in [0.2, 0.25) is 0 Å². The van der Waals surface area contributed by atoms with Crippen LogP contribution in [0.15, 0.2) is 36.1 Å². The number of aromatic nitrogens is 2. The second kappa shape index (κ2) is 6.61. The highest BCUT2D eigenvalue weighted by atomic mass is 32.1. The van der Waals surface area contributed by atoms with Gasteiger partial charge in [-0.15, -0.1) is 11.3 Å². The molecule has 0 aliphatic carbocycles. The second-order valence-corrected chi connectivity index (χ2v) is 7.83. The molecule has 0 N–H and O–H groups in total. The summed E-state index contributed by atoms with van der Waals surface area (Å²) in [7, 11) is 0. The van der Waals surface area contributed by atoms with Crippen molar-refractivity contribution in [3.05, 3.63) is 46.7 Å². The van der Waals surface area contributed by atoms with Crippen LogP contribution in [0.25, 0.3) is 0 Å². The van der Waals surface area contributed by atoms with Crippen LogP contribution in [0.1, 0.15) is 29.8 Å². The van der Waals surface area contributed by atoms with E-state index in [1.54, 1.807) is 23.7 Å². The van der Waals surface area contributed by atoms with Gasteiger partial charge in [-0.3, -0.25) is 14.7 Å². The summed E-state index contributed by atoms with van der Waals surface area (Å²) in [5, 5.41) is 3.16. The molecule has 1 unspecified atom stereocenters. The first-order valence-electron chi connectivity index (χ1n) is 8.54. The van der Waals surface area contributed by atoms with E-state index < -0.39 is 0 Å². The molecule has 0 saturated carbocycles. The quantitative estimate of drug-likeness (QED) is 0.857. The predicted molar refractivity (Wildman–Crippen MR) is 93.3 cm³/mol. The molecule has 24 heavy (non-hydrogen) atoms. The highest BCUT2D eigenvalue weighted by Crippen LogP contribution is 2.41. The Labute approximate surface area is 146 Å². The van der Waals surface area contributed by atoms with E-state index in [0.29, 0.717) is 12.5 Å². The SMILES string of the molecule is O=C1N(Cc2ccncc2)CCC12CCCN(Cc1nccs1)C2. The molecule has 126 valence electrons. The van der Waals surface area contributed by atoms with Gasteiger partial charge < -0.3 is 4.90 Å². The van der Waals surface area contributed by atoms with Gasteiger partial charge in [0.25, 0.3) is 0 Å². The zero-order valence-electron chi connectivity index (χ0n) is 13.7. The number of thiazole rings is 1. The molecular weight excluding hydrogens is 320 g/mol. The average molecular weight is 342 g/mol. The lowest BCUT2D eigenvalue weighted by Crippen LogP contribution is -2.47. The van der Waals surface area contributed by atoms with E-state index in [0.717, 1.165) is 56.0 Å². The number of carbonyl (C=O) groups is 1. The van der Waals surface area contributed by atoms with Crippen molar-refractivity contribution in [3.8, 4) is 0 Å². The Balaban J connectivity index is 1.44. The molecule has 2 saturated heterocycles. The van der Waals surface area contributed by atoms with E-state index in [1.807, 2.05) is 28.6 Å². The Morgan fingerprint density at radius 1 is 1.12 bits per heavy atom. The van der Waals surface area contributed by atoms with Crippen molar-refractivity contribution in [2.45, 2.75) is 32.4 Å². The third-order valence-corrected chi connectivity index (χ3v) is 5.99. The maximum Gasteiger partial charge on any atom is 0.230 e. The van der Waals surface area contributed by atoms with Crippen molar-refractivity contribution in [2.75, 3.05) is 19.6 Å². The molecule has 2 aliphatic heterocycles. The monoisotopic (exact) mass is 342 g/mol. The highest BCUT2D eigenvalue weighted by molar-refractivity contribution is 7.09. The molecule has 2 fully saturated rings. The number of nitrogens with zero attached hydrogens (tertiary/aromatic N) is 4. The van der Waals surface area contributed by atoms with Gasteiger partial charge in [0.05, 0.1) is 12.0 Å². The van der Waals surface area contributed by atoms with Gasteiger partial charge in [-0.1, -0.05) is 0 Å². The Morgan fingerprint density at radius 2 is 2.00 bits per heavy atom. The second-order valence-electron chi connectivity index (χ2n) is 6.85. The number of amides is 1. The number of likely N-dealkylation sites (tertiary alicyclic amines) is 2. The molecule has 1 amide bonds. The normalized spacial score (nSPS) is 24.8. The lowest BCUT2D eigenvalue weighted by Gasteiger charge is -2.38. The van der Waals surface area contributed by atoms with E-state index in [2.05, 4.69) is 14.9 Å². The number of hydrogen-bond acceptors (Lipinski definition) is 5. The highest BCUT2D eigenvalue weighted by Gasteiger charge is 2.48. The molecule has 1 spiro atoms. The van der Waals surface area contributed by atoms with Crippen molar-refractivity contribution in [3.63, 3.8) is 0 Å². The minimum atomic E-state index is -0.178. The third-order valence-electron chi connectivity index (χ3n) is 5.22. The topological polar surface area (TPSA) is 49.3 Å². The summed E-state index contributed by atoms with van der Waals surface area (Å²) < 4.78 is 0. The molecule has 1 atom stereocenters. The molecule has 2 aromatic rings. The fraction of sp³-hybridized carbons (Fsp3) is 0.500. The first kappa shape index (κ1) is 15.7. The van der Waals surface area contributed by atoms with E-state index in [1.165, 1.54) is 0 Å². The summed E-state index contributed by atoms with van der Waals surface area (Å²) in [5.41, 5.74) is 0.980. The minimum Gasteiger partial charge on any atom is -0.338 e. The zero-order chi connectivity index (χ0) is 16.4. The van der Waals surface area contributed by atoms with Crippen LogP contribution in [0.3, 0.4) is 0 Å². The third kappa shape index (κ3) is 3.08. The van der Waals surface area contributed by atoms with Crippen LogP contribution in [0, 0.1) is 5.41 Å². The molecule has 6 heteroatoms. The lowest BCUT2D eigenvalue weighted by molar-refractivity contribution is -0.139. The van der Waals surface area contributed by atoms with Crippen molar-refractivity contribution in [1.29, 1.82) is 0 Å². The summed E-state index contributed by atoms with van der Waals surface area (Å²) in [4.78, 5) is 26.0. The maximum atomic E-state index is 13.1. The van der Waals surface area contributed by atoms with Crippen LogP contribution < -0.4 is 0 Å². The van der Waals surface area contributed by atoms with Crippen molar-refractivity contribution in [1.82, 2.24) is 19.8 Å². The molecule has 0 aromatic carbocycles. The Morgan fingerprint density at radius 3 is 2.79 bits per heavy atom. The van der Waals surface area contributed by atoms with Crippen molar-refractivity contribution >= 4 is 17.2 Å². The van der Waals surface area contributed by atoms with Gasteiger partial charge in [0, 0.05) is 43.6 Å². The summed E-state index contributed by atoms with van der Waals surface area (Å²) >= 11 is 1.70. The van der Waals surface area contributed by atoms with Crippen LogP contribution in [-0.4, -0.2) is 45.3 Å². The average Bonchev–Trinajstić information content (AvgIpc) is 3.21. The van der Waals surface area contributed by atoms with E-state index in [9.17, 15) is 4.79 Å². The number of piperidine rings is 1. The Kier molecular flexibility index (Phi) is 4.33. The van der Waals surface area contributed by atoms with Gasteiger partial charge in [-0.25, -0.2) is 4.98 Å². The first-order valence-corrected chi connectivity index (χ1v) is 9.42. The van der Waals surface area contributed by atoms with Crippen LogP contribution in [-0.2, 0) is 17.9 Å². The molecule has 2 aromatic heterocycles. The van der Waals surface area contributed by atoms with Gasteiger partial charge in [-0.05, 0) is 43.5 Å². The lowest BCUT2D eigenvalue weighted by atomic mass is 9.78. The first-order chi connectivity index (χ1) is 11.8. The van der Waals surface area contributed by atoms with E-state index >= 15 is 0 Å². The van der Waals surface area contributed by atoms with Crippen LogP contribution >= 0.6 is 11.3 Å². The molecular formula is C18H22N4OS. The molecule has 4 heterocycles. The van der Waals surface area contributed by atoms with E-state index in [-0.39, 0.29) is 5.41 Å². The summed E-state index contributed by atoms with van der Waals surface area (Å²) in [6.07, 6.45) is 8.54. The number of rotatable bonds is 4. The maximum absolute atomic E-state index is 13.1. The van der Waals surface area contributed by atoms with Crippen molar-refractivity contribution in [2.24, 2.45) is 5.41 Å². The molecule has 0 radical (unpaired) electrons. The molecule has 0 bridgehead atoms. The van der Waals surface area contributed by atoms with Gasteiger partial charge in [0.1, 0.15) is 5.01 Å². The standard InChI is InChI=1S/C18H22N4OS/c23-17-18(5-10-22(17)12-15-2-6-19-7-3-15)4-1-9-21(14-18)13-16-20-8-11-24-16/h2-3,6-8,11H,1,4-5,9-10,12-14H2. The van der Waals surface area contributed by atoms with Crippen LogP contribution in [0.4, 0.5) is 0 Å². The summed E-state index contributed by atoms with van der Waals surface area (Å²) in [6.45, 7) is 4.39. The summed E-state index contributed by atoms with van der Waals surface area (Å²) in [5.74, 6) is 0.336. The zero-order valence-corrected chi connectivity index (χ0v) is 14.5. The molecule has 4 rings (SSSR count).